The van der Waals surface area contributed by atoms with Crippen LogP contribution in [0.25, 0.3) is 0 Å². The fraction of sp³-hybridized carbons (Fsp3) is 0.176. The Morgan fingerprint density at radius 2 is 1.95 bits per heavy atom. The highest BCUT2D eigenvalue weighted by Crippen LogP contribution is 2.13. The number of terminal acetylenes is 1. The van der Waals surface area contributed by atoms with Crippen LogP contribution in [0.3, 0.4) is 0 Å². The zero-order valence-electron chi connectivity index (χ0n) is 11.2. The van der Waals surface area contributed by atoms with Crippen LogP contribution < -0.4 is 5.48 Å². The van der Waals surface area contributed by atoms with Gasteiger partial charge in [0.05, 0.1) is 12.3 Å². The highest BCUT2D eigenvalue weighted by atomic mass is 16.6. The second kappa shape index (κ2) is 6.08. The summed E-state index contributed by atoms with van der Waals surface area (Å²) in [4.78, 5) is 5.48. The van der Waals surface area contributed by atoms with Gasteiger partial charge in [-0.05, 0) is 48.7 Å². The Morgan fingerprint density at radius 1 is 1.11 bits per heavy atom. The van der Waals surface area contributed by atoms with E-state index in [0.29, 0.717) is 6.61 Å². The van der Waals surface area contributed by atoms with E-state index in [1.807, 2.05) is 24.3 Å². The second-order valence-corrected chi connectivity index (χ2v) is 4.53. The number of nitrogens with one attached hydrogen (secondary N) is 1. The minimum Gasteiger partial charge on any atom is -0.271 e. The van der Waals surface area contributed by atoms with Gasteiger partial charge in [0.2, 0.25) is 0 Å². The molecule has 2 aromatic rings. The SMILES string of the molecule is C#Cc1cccc(NOCc2ccc(C)c(C)c2)c1. The van der Waals surface area contributed by atoms with Gasteiger partial charge in [0.15, 0.2) is 0 Å². The van der Waals surface area contributed by atoms with E-state index in [0.717, 1.165) is 16.8 Å². The molecule has 2 rings (SSSR count). The maximum Gasteiger partial charge on any atom is 0.0996 e. The molecule has 0 radical (unpaired) electrons. The van der Waals surface area contributed by atoms with E-state index in [9.17, 15) is 0 Å². The van der Waals surface area contributed by atoms with Crippen LogP contribution in [0.2, 0.25) is 0 Å². The molecule has 0 fully saturated rings. The molecule has 2 nitrogen and oxygen atoms in total. The quantitative estimate of drug-likeness (QED) is 0.658. The third-order valence-electron chi connectivity index (χ3n) is 3.03. The summed E-state index contributed by atoms with van der Waals surface area (Å²) in [6.07, 6.45) is 5.35. The first-order chi connectivity index (χ1) is 9.19. The molecule has 19 heavy (non-hydrogen) atoms. The van der Waals surface area contributed by atoms with Crippen molar-refractivity contribution in [1.82, 2.24) is 0 Å². The van der Waals surface area contributed by atoms with Crippen molar-refractivity contribution in [3.63, 3.8) is 0 Å². The van der Waals surface area contributed by atoms with Gasteiger partial charge in [0, 0.05) is 5.56 Å². The average Bonchev–Trinajstić information content (AvgIpc) is 2.43. The summed E-state index contributed by atoms with van der Waals surface area (Å²) < 4.78 is 0. The molecule has 0 heterocycles. The molecular formula is C17H17NO. The van der Waals surface area contributed by atoms with E-state index < -0.39 is 0 Å². The van der Waals surface area contributed by atoms with Gasteiger partial charge in [-0.3, -0.25) is 10.3 Å². The maximum absolute atomic E-state index is 5.48. The molecule has 1 N–H and O–H groups in total. The minimum atomic E-state index is 0.515. The molecule has 0 bridgehead atoms. The van der Waals surface area contributed by atoms with E-state index in [4.69, 9.17) is 11.3 Å². The van der Waals surface area contributed by atoms with Crippen molar-refractivity contribution >= 4 is 5.69 Å². The summed E-state index contributed by atoms with van der Waals surface area (Å²) in [7, 11) is 0. The molecule has 0 saturated heterocycles. The largest absolute Gasteiger partial charge is 0.271 e. The lowest BCUT2D eigenvalue weighted by Crippen LogP contribution is -2.02. The van der Waals surface area contributed by atoms with E-state index in [1.165, 1.54) is 11.1 Å². The van der Waals surface area contributed by atoms with E-state index in [1.54, 1.807) is 0 Å². The first-order valence-corrected chi connectivity index (χ1v) is 6.19. The van der Waals surface area contributed by atoms with Crippen LogP contribution in [0, 0.1) is 26.2 Å². The Bertz CT molecular complexity index is 611. The molecule has 0 aliphatic rings. The average molecular weight is 251 g/mol. The predicted octanol–water partition coefficient (Wildman–Crippen LogP) is 3.83. The molecule has 0 aromatic heterocycles. The van der Waals surface area contributed by atoms with Gasteiger partial charge in [-0.2, -0.15) is 0 Å². The van der Waals surface area contributed by atoms with Crippen molar-refractivity contribution in [3.8, 4) is 12.3 Å². The lowest BCUT2D eigenvalue weighted by atomic mass is 10.1. The Balaban J connectivity index is 1.92. The number of rotatable bonds is 4. The predicted molar refractivity (Wildman–Crippen MR) is 78.7 cm³/mol. The summed E-state index contributed by atoms with van der Waals surface area (Å²) in [5, 5.41) is 0. The van der Waals surface area contributed by atoms with Gasteiger partial charge in [0.25, 0.3) is 0 Å². The van der Waals surface area contributed by atoms with Crippen molar-refractivity contribution < 1.29 is 4.84 Å². The number of anilines is 1. The zero-order chi connectivity index (χ0) is 13.7. The Kier molecular flexibility index (Phi) is 4.22. The molecule has 2 aromatic carbocycles. The first-order valence-electron chi connectivity index (χ1n) is 6.19. The van der Waals surface area contributed by atoms with Crippen molar-refractivity contribution in [1.29, 1.82) is 0 Å². The Hall–Kier alpha value is -2.24. The minimum absolute atomic E-state index is 0.515. The molecule has 0 aliphatic carbocycles. The smallest absolute Gasteiger partial charge is 0.0996 e. The van der Waals surface area contributed by atoms with Crippen LogP contribution >= 0.6 is 0 Å². The van der Waals surface area contributed by atoms with Gasteiger partial charge in [-0.15, -0.1) is 6.42 Å². The van der Waals surface area contributed by atoms with Gasteiger partial charge >= 0.3 is 0 Å². The van der Waals surface area contributed by atoms with Gasteiger partial charge in [0.1, 0.15) is 0 Å². The van der Waals surface area contributed by atoms with Crippen LogP contribution in [-0.4, -0.2) is 0 Å². The Labute approximate surface area is 114 Å². The van der Waals surface area contributed by atoms with Crippen molar-refractivity contribution in [2.24, 2.45) is 0 Å². The molecule has 0 saturated carbocycles. The monoisotopic (exact) mass is 251 g/mol. The van der Waals surface area contributed by atoms with E-state index >= 15 is 0 Å². The van der Waals surface area contributed by atoms with Crippen molar-refractivity contribution in [2.75, 3.05) is 5.48 Å². The van der Waals surface area contributed by atoms with Crippen LogP contribution in [0.4, 0.5) is 5.69 Å². The first kappa shape index (κ1) is 13.2. The second-order valence-electron chi connectivity index (χ2n) is 4.53. The van der Waals surface area contributed by atoms with Crippen LogP contribution in [0.5, 0.6) is 0 Å². The lowest BCUT2D eigenvalue weighted by molar-refractivity contribution is 0.180. The molecule has 0 aliphatic heterocycles. The number of hydrogen-bond acceptors (Lipinski definition) is 2. The third-order valence-corrected chi connectivity index (χ3v) is 3.03. The van der Waals surface area contributed by atoms with Crippen LogP contribution in [-0.2, 0) is 11.4 Å². The fourth-order valence-electron chi connectivity index (χ4n) is 1.77. The van der Waals surface area contributed by atoms with E-state index in [2.05, 4.69) is 43.4 Å². The normalized spacial score (nSPS) is 9.95. The van der Waals surface area contributed by atoms with E-state index in [-0.39, 0.29) is 0 Å². The molecule has 0 atom stereocenters. The number of aryl methyl sites for hydroxylation is 2. The molecule has 96 valence electrons. The summed E-state index contributed by atoms with van der Waals surface area (Å²) in [6, 6.07) is 13.9. The number of hydrogen-bond donors (Lipinski definition) is 1. The number of benzene rings is 2. The van der Waals surface area contributed by atoms with Crippen molar-refractivity contribution in [3.05, 3.63) is 64.7 Å². The van der Waals surface area contributed by atoms with Gasteiger partial charge in [-0.25, -0.2) is 0 Å². The van der Waals surface area contributed by atoms with Crippen LogP contribution in [0.1, 0.15) is 22.3 Å². The summed E-state index contributed by atoms with van der Waals surface area (Å²) in [5.74, 6) is 2.59. The molecule has 2 heteroatoms. The zero-order valence-corrected chi connectivity index (χ0v) is 11.2. The van der Waals surface area contributed by atoms with Crippen molar-refractivity contribution in [2.45, 2.75) is 20.5 Å². The van der Waals surface area contributed by atoms with Gasteiger partial charge < -0.3 is 0 Å². The highest BCUT2D eigenvalue weighted by molar-refractivity contribution is 5.48. The van der Waals surface area contributed by atoms with Gasteiger partial charge in [-0.1, -0.05) is 30.2 Å². The fourth-order valence-corrected chi connectivity index (χ4v) is 1.77. The summed E-state index contributed by atoms with van der Waals surface area (Å²) >= 11 is 0. The topological polar surface area (TPSA) is 21.3 Å². The highest BCUT2D eigenvalue weighted by Gasteiger charge is 1.98. The molecule has 0 amide bonds. The Morgan fingerprint density at radius 3 is 2.68 bits per heavy atom. The summed E-state index contributed by atoms with van der Waals surface area (Å²) in [5.41, 5.74) is 8.31. The maximum atomic E-state index is 5.48. The van der Waals surface area contributed by atoms with Crippen LogP contribution in [0.15, 0.2) is 42.5 Å². The standard InChI is InChI=1S/C17H17NO/c1-4-15-6-5-7-17(11-15)18-19-12-16-9-8-13(2)14(3)10-16/h1,5-11,18H,12H2,2-3H3. The molecule has 0 spiro atoms. The molecular weight excluding hydrogens is 234 g/mol. The molecule has 0 unspecified atom stereocenters. The lowest BCUT2D eigenvalue weighted by Gasteiger charge is -2.09. The third kappa shape index (κ3) is 3.61. The summed E-state index contributed by atoms with van der Waals surface area (Å²) in [6.45, 7) is 4.72.